The van der Waals surface area contributed by atoms with Crippen molar-refractivity contribution in [3.05, 3.63) is 60.7 Å². The number of hydrogen-bond acceptors (Lipinski definition) is 6. The number of hydrogen-bond donors (Lipinski definition) is 0. The Morgan fingerprint density at radius 3 is 0.909 bits per heavy atom. The molecular weight excluding hydrogens is 382 g/mol. The van der Waals surface area contributed by atoms with Crippen LogP contribution in [0.4, 0.5) is 0 Å². The first kappa shape index (κ1) is 25.5. The van der Waals surface area contributed by atoms with Crippen molar-refractivity contribution in [3.8, 4) is 0 Å². The van der Waals surface area contributed by atoms with Gasteiger partial charge in [-0.2, -0.15) is 0 Å². The Hall–Kier alpha value is 1.26. The van der Waals surface area contributed by atoms with Gasteiger partial charge in [0.1, 0.15) is 0 Å². The summed E-state index contributed by atoms with van der Waals surface area (Å²) in [5.41, 5.74) is 0. The van der Waals surface area contributed by atoms with Gasteiger partial charge < -0.3 is 28.7 Å². The molecule has 0 amide bonds. The third-order valence-electron chi connectivity index (χ3n) is 2.14. The van der Waals surface area contributed by atoms with Gasteiger partial charge in [0.2, 0.25) is 0 Å². The minimum atomic E-state index is -4.52. The molecule has 0 saturated heterocycles. The van der Waals surface area contributed by atoms with E-state index in [9.17, 15) is 28.7 Å². The van der Waals surface area contributed by atoms with Gasteiger partial charge in [-0.3, -0.25) is 0 Å². The van der Waals surface area contributed by atoms with Crippen LogP contribution >= 0.6 is 15.2 Å². The fraction of sp³-hybridized carbons (Fsp3) is 0. The maximum absolute atomic E-state index is 10.3. The molecule has 0 radical (unpaired) electrons. The van der Waals surface area contributed by atoms with Crippen LogP contribution in [0.2, 0.25) is 0 Å². The van der Waals surface area contributed by atoms with Crippen molar-refractivity contribution in [2.24, 2.45) is 0 Å². The van der Waals surface area contributed by atoms with E-state index in [1.165, 1.54) is 48.5 Å². The summed E-state index contributed by atoms with van der Waals surface area (Å²) < 4.78 is 20.6. The maximum atomic E-state index is 10.3. The molecule has 0 aliphatic carbocycles. The molecule has 0 saturated carbocycles. The minimum absolute atomic E-state index is 0. The molecule has 22 heavy (non-hydrogen) atoms. The molecule has 2 aromatic rings. The van der Waals surface area contributed by atoms with Gasteiger partial charge in [-0.15, -0.1) is 0 Å². The van der Waals surface area contributed by atoms with Crippen LogP contribution in [-0.2, 0) is 9.13 Å². The van der Waals surface area contributed by atoms with Crippen molar-refractivity contribution >= 4 is 101 Å². The zero-order valence-corrected chi connectivity index (χ0v) is 17.7. The van der Waals surface area contributed by atoms with E-state index in [4.69, 9.17) is 0 Å². The molecule has 0 aromatic heterocycles. The second-order valence-electron chi connectivity index (χ2n) is 3.67. The van der Waals surface area contributed by atoms with Crippen LogP contribution in [0.3, 0.4) is 0 Å². The van der Waals surface area contributed by atoms with Crippen molar-refractivity contribution < 1.29 is 28.7 Å². The number of benzene rings is 2. The van der Waals surface area contributed by atoms with Gasteiger partial charge in [-0.1, -0.05) is 60.7 Å². The molecule has 6 nitrogen and oxygen atoms in total. The summed E-state index contributed by atoms with van der Waals surface area (Å²) in [6.45, 7) is 0. The molecule has 0 atom stereocenters. The Morgan fingerprint density at radius 2 is 0.773 bits per heavy atom. The summed E-state index contributed by atoms with van der Waals surface area (Å²) in [6.07, 6.45) is 0. The molecule has 0 N–H and O–H groups in total. The van der Waals surface area contributed by atoms with E-state index in [0.717, 1.165) is 0 Å². The van der Waals surface area contributed by atoms with E-state index in [-0.39, 0.29) is 86.1 Å². The molecular formula is C12H10Ca2O6P2. The smallest absolute Gasteiger partial charge is 0.807 e. The summed E-state index contributed by atoms with van der Waals surface area (Å²) in [5.74, 6) is 0. The Labute approximate surface area is 188 Å². The van der Waals surface area contributed by atoms with E-state index in [0.29, 0.717) is 0 Å². The molecule has 0 bridgehead atoms. The monoisotopic (exact) mass is 392 g/mol. The molecule has 2 rings (SSSR count). The first-order valence-electron chi connectivity index (χ1n) is 5.36. The molecule has 0 heterocycles. The first-order valence-corrected chi connectivity index (χ1v) is 8.45. The topological polar surface area (TPSA) is 126 Å². The minimum Gasteiger partial charge on any atom is -0.807 e. The zero-order chi connectivity index (χ0) is 15.2. The Bertz CT molecular complexity index is 569. The van der Waals surface area contributed by atoms with Gasteiger partial charge in [-0.05, 0) is 25.8 Å². The van der Waals surface area contributed by atoms with Gasteiger partial charge in [0, 0.05) is 0 Å². The predicted octanol–water partition coefficient (Wildman–Crippen LogP) is -2.31. The van der Waals surface area contributed by atoms with Crippen molar-refractivity contribution in [1.29, 1.82) is 0 Å². The van der Waals surface area contributed by atoms with Crippen LogP contribution in [-0.4, -0.2) is 75.5 Å². The van der Waals surface area contributed by atoms with Crippen LogP contribution in [0, 0.1) is 0 Å². The second kappa shape index (κ2) is 11.8. The quantitative estimate of drug-likeness (QED) is 0.418. The average molecular weight is 392 g/mol. The Balaban J connectivity index is 0. The van der Waals surface area contributed by atoms with Gasteiger partial charge in [0.05, 0.1) is 0 Å². The normalized spacial score (nSPS) is 10.4. The van der Waals surface area contributed by atoms with Crippen LogP contribution in [0.1, 0.15) is 0 Å². The van der Waals surface area contributed by atoms with Crippen LogP contribution in [0.15, 0.2) is 60.7 Å². The standard InChI is InChI=1S/2C6H7O3P.2Ca/c2*7-10(8,9)6-4-2-1-3-5-6;;/h2*1-5H,(H2,7,8,9);;/q;;2*+2/p-4. The predicted molar refractivity (Wildman–Crippen MR) is 78.9 cm³/mol. The van der Waals surface area contributed by atoms with Gasteiger partial charge in [0.25, 0.3) is 0 Å². The van der Waals surface area contributed by atoms with Crippen LogP contribution in [0.25, 0.3) is 0 Å². The van der Waals surface area contributed by atoms with E-state index in [1.807, 2.05) is 0 Å². The fourth-order valence-electron chi connectivity index (χ4n) is 1.22. The molecule has 108 valence electrons. The van der Waals surface area contributed by atoms with E-state index >= 15 is 0 Å². The average Bonchev–Trinajstić information content (AvgIpc) is 2.40. The zero-order valence-electron chi connectivity index (χ0n) is 11.5. The summed E-state index contributed by atoms with van der Waals surface area (Å²) in [7, 11) is -9.04. The molecule has 0 aliphatic heterocycles. The molecule has 0 unspecified atom stereocenters. The summed E-state index contributed by atoms with van der Waals surface area (Å²) >= 11 is 0. The summed E-state index contributed by atoms with van der Waals surface area (Å²) in [6, 6.07) is 14.5. The molecule has 10 heteroatoms. The molecule has 2 aromatic carbocycles. The van der Waals surface area contributed by atoms with E-state index in [1.54, 1.807) is 12.1 Å². The van der Waals surface area contributed by atoms with Gasteiger partial charge in [0.15, 0.2) is 0 Å². The third kappa shape index (κ3) is 10.2. The second-order valence-corrected chi connectivity index (χ2v) is 6.69. The largest absolute Gasteiger partial charge is 2.00 e. The van der Waals surface area contributed by atoms with Gasteiger partial charge in [-0.25, -0.2) is 0 Å². The Morgan fingerprint density at radius 1 is 0.545 bits per heavy atom. The number of rotatable bonds is 2. The van der Waals surface area contributed by atoms with Gasteiger partial charge >= 0.3 is 75.5 Å². The summed E-state index contributed by atoms with van der Waals surface area (Å²) in [4.78, 5) is 41.2. The van der Waals surface area contributed by atoms with Crippen molar-refractivity contribution in [3.63, 3.8) is 0 Å². The maximum Gasteiger partial charge on any atom is 2.00 e. The molecule has 0 fully saturated rings. The third-order valence-corrected chi connectivity index (χ3v) is 4.01. The van der Waals surface area contributed by atoms with Crippen molar-refractivity contribution in [2.75, 3.05) is 0 Å². The van der Waals surface area contributed by atoms with Crippen molar-refractivity contribution in [1.82, 2.24) is 0 Å². The SMILES string of the molecule is O=P([O-])([O-])c1ccccc1.O=P([O-])([O-])c1ccccc1.[Ca+2].[Ca+2]. The molecule has 0 aliphatic rings. The van der Waals surface area contributed by atoms with E-state index < -0.39 is 15.2 Å². The molecule has 0 spiro atoms. The van der Waals surface area contributed by atoms with Crippen molar-refractivity contribution in [2.45, 2.75) is 0 Å². The first-order chi connectivity index (χ1) is 9.21. The van der Waals surface area contributed by atoms with Crippen LogP contribution in [0.5, 0.6) is 0 Å². The summed E-state index contributed by atoms with van der Waals surface area (Å²) in [5, 5.41) is -0.315. The van der Waals surface area contributed by atoms with E-state index in [2.05, 4.69) is 0 Å². The Kier molecular flexibility index (Phi) is 13.6. The fourth-order valence-corrected chi connectivity index (χ4v) is 2.30. The van der Waals surface area contributed by atoms with Crippen LogP contribution < -0.4 is 30.2 Å².